The van der Waals surface area contributed by atoms with Gasteiger partial charge in [0.25, 0.3) is 0 Å². The lowest BCUT2D eigenvalue weighted by Crippen LogP contribution is -2.37. The number of nitrogens with two attached hydrogens (primary N) is 2. The van der Waals surface area contributed by atoms with Crippen molar-refractivity contribution in [1.82, 2.24) is 0 Å². The van der Waals surface area contributed by atoms with Gasteiger partial charge in [-0.2, -0.15) is 0 Å². The van der Waals surface area contributed by atoms with Crippen LogP contribution in [0.2, 0.25) is 0 Å². The molecule has 0 aliphatic heterocycles. The minimum absolute atomic E-state index is 0.138. The third-order valence-electron chi connectivity index (χ3n) is 2.73. The fourth-order valence-corrected chi connectivity index (χ4v) is 1.61. The molecule has 1 aromatic rings. The predicted molar refractivity (Wildman–Crippen MR) is 64.4 cm³/mol. The topological polar surface area (TPSA) is 81.5 Å². The molecule has 90 valence electrons. The summed E-state index contributed by atoms with van der Waals surface area (Å²) < 4.78 is 5.24. The van der Waals surface area contributed by atoms with Crippen molar-refractivity contribution in [3.8, 4) is 5.75 Å². The Hall–Kier alpha value is -1.10. The van der Waals surface area contributed by atoms with Gasteiger partial charge in [0.1, 0.15) is 5.75 Å². The van der Waals surface area contributed by atoms with Crippen LogP contribution in [0.15, 0.2) is 18.2 Å². The van der Waals surface area contributed by atoms with Crippen molar-refractivity contribution >= 4 is 0 Å². The van der Waals surface area contributed by atoms with E-state index in [1.54, 1.807) is 7.11 Å². The summed E-state index contributed by atoms with van der Waals surface area (Å²) >= 11 is 0. The molecule has 0 heterocycles. The number of hydrogen-bond donors (Lipinski definition) is 3. The Morgan fingerprint density at radius 1 is 1.38 bits per heavy atom. The summed E-state index contributed by atoms with van der Waals surface area (Å²) in [5.41, 5.74) is 13.7. The van der Waals surface area contributed by atoms with Crippen LogP contribution in [0.4, 0.5) is 0 Å². The van der Waals surface area contributed by atoms with Crippen LogP contribution in [0.25, 0.3) is 0 Å². The van der Waals surface area contributed by atoms with Gasteiger partial charge in [0.05, 0.1) is 19.8 Å². The molecule has 0 bridgehead atoms. The van der Waals surface area contributed by atoms with Gasteiger partial charge in [-0.15, -0.1) is 0 Å². The molecule has 0 spiro atoms. The average molecular weight is 224 g/mol. The molecule has 2 atom stereocenters. The van der Waals surface area contributed by atoms with Crippen molar-refractivity contribution in [1.29, 1.82) is 0 Å². The second kappa shape index (κ2) is 5.84. The number of methoxy groups -OCH3 is 1. The molecule has 2 unspecified atom stereocenters. The van der Waals surface area contributed by atoms with E-state index in [1.165, 1.54) is 5.56 Å². The fraction of sp³-hybridized carbons (Fsp3) is 0.500. The maximum absolute atomic E-state index is 9.01. The van der Waals surface area contributed by atoms with Gasteiger partial charge in [-0.1, -0.05) is 19.1 Å². The van der Waals surface area contributed by atoms with Gasteiger partial charge in [0, 0.05) is 11.6 Å². The van der Waals surface area contributed by atoms with Crippen LogP contribution in [-0.4, -0.2) is 24.9 Å². The van der Waals surface area contributed by atoms with Gasteiger partial charge in [-0.3, -0.25) is 0 Å². The zero-order valence-corrected chi connectivity index (χ0v) is 9.81. The maximum Gasteiger partial charge on any atom is 0.123 e. The lowest BCUT2D eigenvalue weighted by Gasteiger charge is -2.21. The second-order valence-corrected chi connectivity index (χ2v) is 3.80. The van der Waals surface area contributed by atoms with Crippen molar-refractivity contribution in [2.75, 3.05) is 13.7 Å². The molecule has 5 N–H and O–H groups in total. The van der Waals surface area contributed by atoms with Crippen molar-refractivity contribution in [3.05, 3.63) is 29.3 Å². The summed E-state index contributed by atoms with van der Waals surface area (Å²) in [5, 5.41) is 9.01. The van der Waals surface area contributed by atoms with Crippen molar-refractivity contribution < 1.29 is 9.84 Å². The first-order valence-corrected chi connectivity index (χ1v) is 5.42. The molecular weight excluding hydrogens is 204 g/mol. The molecule has 16 heavy (non-hydrogen) atoms. The van der Waals surface area contributed by atoms with Gasteiger partial charge in [-0.25, -0.2) is 0 Å². The van der Waals surface area contributed by atoms with E-state index in [-0.39, 0.29) is 6.61 Å². The van der Waals surface area contributed by atoms with E-state index in [9.17, 15) is 0 Å². The molecule has 1 rings (SSSR count). The van der Waals surface area contributed by atoms with E-state index in [1.807, 2.05) is 18.2 Å². The number of rotatable bonds is 5. The molecule has 0 saturated heterocycles. The smallest absolute Gasteiger partial charge is 0.123 e. The molecule has 0 amide bonds. The molecule has 1 aromatic carbocycles. The number of hydrogen-bond acceptors (Lipinski definition) is 4. The molecule has 0 aromatic heterocycles. The first kappa shape index (κ1) is 13.0. The molecule has 0 fully saturated rings. The highest BCUT2D eigenvalue weighted by atomic mass is 16.5. The maximum atomic E-state index is 9.01. The minimum atomic E-state index is -0.471. The summed E-state index contributed by atoms with van der Waals surface area (Å²) in [6.07, 6.45) is 0.929. The summed E-state index contributed by atoms with van der Waals surface area (Å²) in [6, 6.07) is 4.99. The number of benzene rings is 1. The lowest BCUT2D eigenvalue weighted by atomic mass is 9.97. The standard InChI is InChI=1S/C12H20N2O2/c1-3-8-4-5-11(16-2)9(6-8)12(14)10(13)7-15/h4-6,10,12,15H,3,7,13-14H2,1-2H3. The Morgan fingerprint density at radius 2 is 2.06 bits per heavy atom. The average Bonchev–Trinajstić information content (AvgIpc) is 2.35. The lowest BCUT2D eigenvalue weighted by molar-refractivity contribution is 0.248. The molecule has 0 aliphatic carbocycles. The van der Waals surface area contributed by atoms with Crippen LogP contribution in [0.3, 0.4) is 0 Å². The highest BCUT2D eigenvalue weighted by molar-refractivity contribution is 5.40. The molecular formula is C12H20N2O2. The normalized spacial score (nSPS) is 14.6. The SMILES string of the molecule is CCc1ccc(OC)c(C(N)C(N)CO)c1. The summed E-state index contributed by atoms with van der Waals surface area (Å²) in [7, 11) is 1.60. The Balaban J connectivity index is 3.07. The van der Waals surface area contributed by atoms with Crippen LogP contribution in [0.1, 0.15) is 24.1 Å². The number of aryl methyl sites for hydroxylation is 1. The third-order valence-corrected chi connectivity index (χ3v) is 2.73. The van der Waals surface area contributed by atoms with E-state index < -0.39 is 12.1 Å². The Morgan fingerprint density at radius 3 is 2.56 bits per heavy atom. The van der Waals surface area contributed by atoms with Crippen LogP contribution < -0.4 is 16.2 Å². The van der Waals surface area contributed by atoms with Gasteiger partial charge in [0.15, 0.2) is 0 Å². The molecule has 4 heteroatoms. The first-order chi connectivity index (χ1) is 7.63. The van der Waals surface area contributed by atoms with E-state index >= 15 is 0 Å². The third kappa shape index (κ3) is 2.72. The van der Waals surface area contributed by atoms with Crippen LogP contribution in [0.5, 0.6) is 5.75 Å². The van der Waals surface area contributed by atoms with Gasteiger partial charge >= 0.3 is 0 Å². The summed E-state index contributed by atoms with van der Waals surface area (Å²) in [5.74, 6) is 0.716. The predicted octanol–water partition coefficient (Wildman–Crippen LogP) is 0.577. The highest BCUT2D eigenvalue weighted by Gasteiger charge is 2.18. The first-order valence-electron chi connectivity index (χ1n) is 5.42. The van der Waals surface area contributed by atoms with Crippen LogP contribution in [0, 0.1) is 0 Å². The number of aliphatic hydroxyl groups excluding tert-OH is 1. The van der Waals surface area contributed by atoms with Crippen molar-refractivity contribution in [3.63, 3.8) is 0 Å². The van der Waals surface area contributed by atoms with Gasteiger partial charge < -0.3 is 21.3 Å². The van der Waals surface area contributed by atoms with Crippen LogP contribution in [-0.2, 0) is 6.42 Å². The number of aliphatic hydroxyl groups is 1. The Labute approximate surface area is 96.2 Å². The zero-order chi connectivity index (χ0) is 12.1. The molecule has 0 radical (unpaired) electrons. The summed E-state index contributed by atoms with van der Waals surface area (Å²) in [4.78, 5) is 0. The second-order valence-electron chi connectivity index (χ2n) is 3.80. The molecule has 4 nitrogen and oxygen atoms in total. The summed E-state index contributed by atoms with van der Waals surface area (Å²) in [6.45, 7) is 1.93. The van der Waals surface area contributed by atoms with Gasteiger partial charge in [0.2, 0.25) is 0 Å². The largest absolute Gasteiger partial charge is 0.496 e. The van der Waals surface area contributed by atoms with Crippen molar-refractivity contribution in [2.24, 2.45) is 11.5 Å². The zero-order valence-electron chi connectivity index (χ0n) is 9.81. The molecule has 0 saturated carbocycles. The van der Waals surface area contributed by atoms with E-state index in [0.717, 1.165) is 12.0 Å². The van der Waals surface area contributed by atoms with Gasteiger partial charge in [-0.05, 0) is 18.1 Å². The fourth-order valence-electron chi connectivity index (χ4n) is 1.61. The van der Waals surface area contributed by atoms with Crippen LogP contribution >= 0.6 is 0 Å². The van der Waals surface area contributed by atoms with E-state index in [2.05, 4.69) is 6.92 Å². The number of ether oxygens (including phenoxy) is 1. The Bertz CT molecular complexity index is 342. The van der Waals surface area contributed by atoms with Crippen molar-refractivity contribution in [2.45, 2.75) is 25.4 Å². The van der Waals surface area contributed by atoms with E-state index in [4.69, 9.17) is 21.3 Å². The van der Waals surface area contributed by atoms with E-state index in [0.29, 0.717) is 5.75 Å². The molecule has 0 aliphatic rings. The monoisotopic (exact) mass is 224 g/mol. The quantitative estimate of drug-likeness (QED) is 0.683. The highest BCUT2D eigenvalue weighted by Crippen LogP contribution is 2.26. The minimum Gasteiger partial charge on any atom is -0.496 e. The Kier molecular flexibility index (Phi) is 4.73.